The first-order valence-electron chi connectivity index (χ1n) is 7.57. The lowest BCUT2D eigenvalue weighted by molar-refractivity contribution is 0.209. The van der Waals surface area contributed by atoms with E-state index in [1.165, 1.54) is 24.8 Å². The van der Waals surface area contributed by atoms with Gasteiger partial charge in [0, 0.05) is 6.54 Å². The van der Waals surface area contributed by atoms with Crippen LogP contribution in [0, 0.1) is 0 Å². The fourth-order valence-corrected chi connectivity index (χ4v) is 2.88. The van der Waals surface area contributed by atoms with Crippen LogP contribution in [0.5, 0.6) is 0 Å². The third-order valence-corrected chi connectivity index (χ3v) is 4.29. The molecule has 20 heavy (non-hydrogen) atoms. The lowest BCUT2D eigenvalue weighted by Crippen LogP contribution is -2.11. The predicted octanol–water partition coefficient (Wildman–Crippen LogP) is 3.64. The van der Waals surface area contributed by atoms with E-state index >= 15 is 0 Å². The molecule has 1 heterocycles. The Labute approximate surface area is 120 Å². The number of nitrogens with zero attached hydrogens (tertiary/aromatic N) is 2. The number of aromatic nitrogens is 2. The summed E-state index contributed by atoms with van der Waals surface area (Å²) in [6.45, 7) is 3.03. The lowest BCUT2D eigenvalue weighted by Gasteiger charge is -2.26. The summed E-state index contributed by atoms with van der Waals surface area (Å²) >= 11 is 0. The van der Waals surface area contributed by atoms with Crippen molar-refractivity contribution in [3.05, 3.63) is 53.6 Å². The number of rotatable bonds is 5. The molecule has 2 aromatic rings. The van der Waals surface area contributed by atoms with Gasteiger partial charge in [-0.1, -0.05) is 37.6 Å². The van der Waals surface area contributed by atoms with Crippen molar-refractivity contribution in [2.75, 3.05) is 0 Å². The van der Waals surface area contributed by atoms with Crippen LogP contribution in [0.15, 0.2) is 36.8 Å². The summed E-state index contributed by atoms with van der Waals surface area (Å²) in [7, 11) is 0. The molecule has 1 aromatic heterocycles. The van der Waals surface area contributed by atoms with Crippen LogP contribution in [-0.4, -0.2) is 14.7 Å². The van der Waals surface area contributed by atoms with Crippen molar-refractivity contribution in [1.29, 1.82) is 0 Å². The first-order valence-corrected chi connectivity index (χ1v) is 7.57. The number of benzene rings is 1. The van der Waals surface area contributed by atoms with Crippen molar-refractivity contribution >= 4 is 0 Å². The van der Waals surface area contributed by atoms with Crippen LogP contribution >= 0.6 is 0 Å². The van der Waals surface area contributed by atoms with Crippen LogP contribution < -0.4 is 0 Å². The molecule has 3 heteroatoms. The van der Waals surface area contributed by atoms with Gasteiger partial charge in [0.1, 0.15) is 6.10 Å². The van der Waals surface area contributed by atoms with E-state index in [-0.39, 0.29) is 0 Å². The van der Waals surface area contributed by atoms with Crippen LogP contribution in [0.2, 0.25) is 0 Å². The van der Waals surface area contributed by atoms with E-state index in [4.69, 9.17) is 0 Å². The fraction of sp³-hybridized carbons (Fsp3) is 0.471. The molecule has 0 amide bonds. The highest BCUT2D eigenvalue weighted by Gasteiger charge is 2.21. The zero-order valence-corrected chi connectivity index (χ0v) is 12.0. The molecule has 1 N–H and O–H groups in total. The summed E-state index contributed by atoms with van der Waals surface area (Å²) in [5.41, 5.74) is 3.24. The maximum absolute atomic E-state index is 10.6. The second kappa shape index (κ2) is 5.80. The van der Waals surface area contributed by atoms with Gasteiger partial charge < -0.3 is 9.67 Å². The number of aliphatic hydroxyl groups excluding tert-OH is 1. The molecule has 1 fully saturated rings. The molecule has 1 aliphatic rings. The molecule has 1 atom stereocenters. The molecule has 1 aromatic carbocycles. The molecule has 3 nitrogen and oxygen atoms in total. The zero-order valence-electron chi connectivity index (χ0n) is 12.0. The average molecular weight is 270 g/mol. The summed E-state index contributed by atoms with van der Waals surface area (Å²) in [6, 6.07) is 8.42. The Morgan fingerprint density at radius 3 is 2.95 bits per heavy atom. The SMILES string of the molecule is CCCn1cncc1C(O)c1cccc(C2CCC2)c1. The van der Waals surface area contributed by atoms with Crippen LogP contribution in [0.1, 0.15) is 61.4 Å². The van der Waals surface area contributed by atoms with Crippen molar-refractivity contribution < 1.29 is 5.11 Å². The number of imidazole rings is 1. The minimum Gasteiger partial charge on any atom is -0.382 e. The van der Waals surface area contributed by atoms with Crippen LogP contribution in [0.3, 0.4) is 0 Å². The summed E-state index contributed by atoms with van der Waals surface area (Å²) in [6.07, 6.45) is 7.94. The highest BCUT2D eigenvalue weighted by molar-refractivity contribution is 5.32. The van der Waals surface area contributed by atoms with Gasteiger partial charge in [-0.25, -0.2) is 4.98 Å². The number of aliphatic hydroxyl groups is 1. The molecule has 0 bridgehead atoms. The molecule has 3 rings (SSSR count). The maximum Gasteiger partial charge on any atom is 0.121 e. The topological polar surface area (TPSA) is 38.0 Å². The van der Waals surface area contributed by atoms with E-state index in [2.05, 4.69) is 30.1 Å². The van der Waals surface area contributed by atoms with Gasteiger partial charge in [0.25, 0.3) is 0 Å². The van der Waals surface area contributed by atoms with Crippen molar-refractivity contribution in [2.24, 2.45) is 0 Å². The first-order chi connectivity index (χ1) is 9.79. The molecular formula is C17H22N2O. The Kier molecular flexibility index (Phi) is 3.88. The average Bonchev–Trinajstić information content (AvgIpc) is 2.85. The Bertz CT molecular complexity index is 572. The quantitative estimate of drug-likeness (QED) is 0.900. The highest BCUT2D eigenvalue weighted by atomic mass is 16.3. The van der Waals surface area contributed by atoms with Crippen molar-refractivity contribution in [2.45, 2.75) is 51.2 Å². The minimum atomic E-state index is -0.580. The minimum absolute atomic E-state index is 0.580. The summed E-state index contributed by atoms with van der Waals surface area (Å²) in [5.74, 6) is 0.697. The van der Waals surface area contributed by atoms with Gasteiger partial charge in [-0.15, -0.1) is 0 Å². The van der Waals surface area contributed by atoms with Gasteiger partial charge in [-0.2, -0.15) is 0 Å². The van der Waals surface area contributed by atoms with Crippen molar-refractivity contribution in [1.82, 2.24) is 9.55 Å². The molecule has 0 saturated heterocycles. The molecule has 0 spiro atoms. The summed E-state index contributed by atoms with van der Waals surface area (Å²) in [5, 5.41) is 10.6. The second-order valence-electron chi connectivity index (χ2n) is 5.71. The number of hydrogen-bond donors (Lipinski definition) is 1. The van der Waals surface area contributed by atoms with Gasteiger partial charge in [-0.05, 0) is 36.3 Å². The van der Waals surface area contributed by atoms with E-state index in [0.29, 0.717) is 5.92 Å². The molecule has 1 saturated carbocycles. The standard InChI is InChI=1S/C17H22N2O/c1-2-9-19-12-18-11-16(19)17(20)15-8-4-7-14(10-15)13-5-3-6-13/h4,7-8,10-13,17,20H,2-3,5-6,9H2,1H3. The van der Waals surface area contributed by atoms with Gasteiger partial charge in [0.15, 0.2) is 0 Å². The molecule has 0 radical (unpaired) electrons. The monoisotopic (exact) mass is 270 g/mol. The van der Waals surface area contributed by atoms with Crippen molar-refractivity contribution in [3.8, 4) is 0 Å². The van der Waals surface area contributed by atoms with E-state index < -0.39 is 6.10 Å². The normalized spacial score (nSPS) is 16.9. The van der Waals surface area contributed by atoms with E-state index in [9.17, 15) is 5.11 Å². The third kappa shape index (κ3) is 2.50. The maximum atomic E-state index is 10.6. The van der Waals surface area contributed by atoms with Crippen LogP contribution in [-0.2, 0) is 6.54 Å². The Hall–Kier alpha value is -1.61. The smallest absolute Gasteiger partial charge is 0.121 e. The van der Waals surface area contributed by atoms with E-state index in [0.717, 1.165) is 24.2 Å². The summed E-state index contributed by atoms with van der Waals surface area (Å²) in [4.78, 5) is 4.18. The Balaban J connectivity index is 1.85. The number of hydrogen-bond acceptors (Lipinski definition) is 2. The van der Waals surface area contributed by atoms with Crippen molar-refractivity contribution in [3.63, 3.8) is 0 Å². The highest BCUT2D eigenvalue weighted by Crippen LogP contribution is 2.37. The van der Waals surface area contributed by atoms with E-state index in [1.54, 1.807) is 12.5 Å². The van der Waals surface area contributed by atoms with Crippen LogP contribution in [0.4, 0.5) is 0 Å². The Morgan fingerprint density at radius 2 is 2.25 bits per heavy atom. The number of aryl methyl sites for hydroxylation is 1. The van der Waals surface area contributed by atoms with Gasteiger partial charge in [-0.3, -0.25) is 0 Å². The Morgan fingerprint density at radius 1 is 1.40 bits per heavy atom. The molecule has 0 aliphatic heterocycles. The first kappa shape index (κ1) is 13.4. The molecule has 1 unspecified atom stereocenters. The lowest BCUT2D eigenvalue weighted by atomic mass is 9.79. The molecular weight excluding hydrogens is 248 g/mol. The molecule has 106 valence electrons. The van der Waals surface area contributed by atoms with Crippen LogP contribution in [0.25, 0.3) is 0 Å². The van der Waals surface area contributed by atoms with E-state index in [1.807, 2.05) is 10.6 Å². The molecule has 1 aliphatic carbocycles. The van der Waals surface area contributed by atoms with Gasteiger partial charge in [0.05, 0.1) is 18.2 Å². The van der Waals surface area contributed by atoms with Gasteiger partial charge >= 0.3 is 0 Å². The largest absolute Gasteiger partial charge is 0.382 e. The zero-order chi connectivity index (χ0) is 13.9. The predicted molar refractivity (Wildman–Crippen MR) is 79.6 cm³/mol. The fourth-order valence-electron chi connectivity index (χ4n) is 2.88. The summed E-state index contributed by atoms with van der Waals surface area (Å²) < 4.78 is 2.04. The van der Waals surface area contributed by atoms with Gasteiger partial charge in [0.2, 0.25) is 0 Å². The second-order valence-corrected chi connectivity index (χ2v) is 5.71. The third-order valence-electron chi connectivity index (χ3n) is 4.29.